The minimum atomic E-state index is -0.469. The van der Waals surface area contributed by atoms with Gasteiger partial charge in [0.25, 0.3) is 5.91 Å². The Kier molecular flexibility index (Phi) is 4.58. The fourth-order valence-corrected chi connectivity index (χ4v) is 3.54. The van der Waals surface area contributed by atoms with Crippen molar-refractivity contribution in [3.8, 4) is 11.4 Å². The van der Waals surface area contributed by atoms with Gasteiger partial charge in [0.15, 0.2) is 5.13 Å². The van der Waals surface area contributed by atoms with Gasteiger partial charge >= 0.3 is 0 Å². The molecule has 0 aliphatic rings. The van der Waals surface area contributed by atoms with Crippen LogP contribution in [0.1, 0.15) is 16.1 Å². The summed E-state index contributed by atoms with van der Waals surface area (Å²) in [6.45, 7) is 0. The van der Waals surface area contributed by atoms with Gasteiger partial charge in [-0.2, -0.15) is 5.10 Å². The number of amides is 2. The fraction of sp³-hybridized carbons (Fsp3) is 0.105. The monoisotopic (exact) mass is 392 g/mol. The molecule has 0 spiro atoms. The van der Waals surface area contributed by atoms with Crippen molar-refractivity contribution in [2.75, 3.05) is 5.32 Å². The Hall–Kier alpha value is -3.59. The van der Waals surface area contributed by atoms with Crippen molar-refractivity contribution < 1.29 is 9.59 Å². The van der Waals surface area contributed by atoms with E-state index in [0.717, 1.165) is 5.39 Å². The first-order valence-electron chi connectivity index (χ1n) is 8.43. The Labute approximate surface area is 164 Å². The molecule has 140 valence electrons. The number of rotatable bonds is 5. The molecule has 4 rings (SSSR count). The molecule has 0 saturated carbocycles. The van der Waals surface area contributed by atoms with Gasteiger partial charge in [0.05, 0.1) is 28.9 Å². The van der Waals surface area contributed by atoms with Gasteiger partial charge in [-0.25, -0.2) is 9.97 Å². The Bertz CT molecular complexity index is 1200. The largest absolute Gasteiger partial charge is 0.369 e. The lowest BCUT2D eigenvalue weighted by atomic mass is 10.1. The Morgan fingerprint density at radius 3 is 2.75 bits per heavy atom. The summed E-state index contributed by atoms with van der Waals surface area (Å²) in [6, 6.07) is 11.0. The van der Waals surface area contributed by atoms with E-state index in [0.29, 0.717) is 33.3 Å². The number of pyridine rings is 1. The predicted molar refractivity (Wildman–Crippen MR) is 107 cm³/mol. The summed E-state index contributed by atoms with van der Waals surface area (Å²) in [5.74, 6) is -0.779. The molecule has 0 saturated heterocycles. The predicted octanol–water partition coefficient (Wildman–Crippen LogP) is 2.37. The molecule has 0 aliphatic carbocycles. The van der Waals surface area contributed by atoms with E-state index in [1.165, 1.54) is 11.3 Å². The highest BCUT2D eigenvalue weighted by Gasteiger charge is 2.16. The van der Waals surface area contributed by atoms with E-state index in [2.05, 4.69) is 20.4 Å². The molecule has 3 heterocycles. The number of para-hydroxylation sites is 1. The molecular formula is C19H16N6O2S. The number of fused-ring (bicyclic) bond motifs is 1. The van der Waals surface area contributed by atoms with E-state index in [1.807, 2.05) is 43.6 Å². The first-order valence-corrected chi connectivity index (χ1v) is 9.31. The van der Waals surface area contributed by atoms with Gasteiger partial charge in [0.1, 0.15) is 5.69 Å². The third-order valence-corrected chi connectivity index (χ3v) is 4.87. The molecule has 28 heavy (non-hydrogen) atoms. The van der Waals surface area contributed by atoms with Gasteiger partial charge in [0, 0.05) is 24.0 Å². The van der Waals surface area contributed by atoms with E-state index in [4.69, 9.17) is 5.73 Å². The van der Waals surface area contributed by atoms with Gasteiger partial charge in [-0.3, -0.25) is 19.6 Å². The van der Waals surface area contributed by atoms with Crippen molar-refractivity contribution in [2.24, 2.45) is 12.8 Å². The van der Waals surface area contributed by atoms with Crippen LogP contribution in [0.3, 0.4) is 0 Å². The van der Waals surface area contributed by atoms with Gasteiger partial charge in [-0.05, 0) is 18.2 Å². The maximum atomic E-state index is 13.0. The quantitative estimate of drug-likeness (QED) is 0.541. The topological polar surface area (TPSA) is 116 Å². The highest BCUT2D eigenvalue weighted by atomic mass is 32.1. The molecular weight excluding hydrogens is 376 g/mol. The van der Waals surface area contributed by atoms with Crippen LogP contribution in [0.25, 0.3) is 22.3 Å². The van der Waals surface area contributed by atoms with Crippen LogP contribution in [0.5, 0.6) is 0 Å². The van der Waals surface area contributed by atoms with E-state index in [-0.39, 0.29) is 12.3 Å². The fourth-order valence-electron chi connectivity index (χ4n) is 2.83. The number of carbonyl (C=O) groups is 2. The molecule has 3 N–H and O–H groups in total. The number of nitrogens with zero attached hydrogens (tertiary/aromatic N) is 4. The Morgan fingerprint density at radius 1 is 1.18 bits per heavy atom. The number of primary amides is 1. The molecule has 0 aliphatic heterocycles. The third-order valence-electron chi connectivity index (χ3n) is 4.06. The lowest BCUT2D eigenvalue weighted by Crippen LogP contribution is -2.15. The van der Waals surface area contributed by atoms with Crippen LogP contribution >= 0.6 is 11.3 Å². The smallest absolute Gasteiger partial charge is 0.258 e. The maximum Gasteiger partial charge on any atom is 0.258 e. The highest BCUT2D eigenvalue weighted by Crippen LogP contribution is 2.25. The number of thiazole rings is 1. The van der Waals surface area contributed by atoms with Gasteiger partial charge < -0.3 is 5.73 Å². The van der Waals surface area contributed by atoms with Crippen LogP contribution in [0.4, 0.5) is 5.13 Å². The molecule has 0 fully saturated rings. The molecule has 2 amide bonds. The number of benzene rings is 1. The average Bonchev–Trinajstić information content (AvgIpc) is 3.29. The first-order chi connectivity index (χ1) is 13.5. The van der Waals surface area contributed by atoms with Crippen molar-refractivity contribution in [2.45, 2.75) is 6.42 Å². The van der Waals surface area contributed by atoms with E-state index in [1.54, 1.807) is 16.1 Å². The summed E-state index contributed by atoms with van der Waals surface area (Å²) in [5.41, 5.74) is 8.17. The molecule has 1 aromatic carbocycles. The van der Waals surface area contributed by atoms with Gasteiger partial charge in [-0.15, -0.1) is 11.3 Å². The van der Waals surface area contributed by atoms with Crippen molar-refractivity contribution in [3.05, 3.63) is 59.2 Å². The number of carbonyl (C=O) groups excluding carboxylic acids is 2. The van der Waals surface area contributed by atoms with Crippen LogP contribution in [0, 0.1) is 0 Å². The summed E-state index contributed by atoms with van der Waals surface area (Å²) in [6.07, 6.45) is 1.86. The Morgan fingerprint density at radius 2 is 2.00 bits per heavy atom. The third kappa shape index (κ3) is 3.60. The molecule has 9 heteroatoms. The lowest BCUT2D eigenvalue weighted by molar-refractivity contribution is -0.117. The summed E-state index contributed by atoms with van der Waals surface area (Å²) >= 11 is 1.24. The zero-order valence-electron chi connectivity index (χ0n) is 14.9. The minimum Gasteiger partial charge on any atom is -0.369 e. The van der Waals surface area contributed by atoms with Crippen LogP contribution in [0.2, 0.25) is 0 Å². The molecule has 0 atom stereocenters. The van der Waals surface area contributed by atoms with E-state index in [9.17, 15) is 9.59 Å². The Balaban J connectivity index is 1.71. The molecule has 4 aromatic rings. The number of aryl methyl sites for hydroxylation is 1. The number of hydrogen-bond donors (Lipinski definition) is 2. The summed E-state index contributed by atoms with van der Waals surface area (Å²) in [4.78, 5) is 32.8. The minimum absolute atomic E-state index is 0.0361. The van der Waals surface area contributed by atoms with Crippen molar-refractivity contribution in [1.82, 2.24) is 19.7 Å². The SMILES string of the molecule is Cn1ccc(-c2cc(C(=O)Nc3nc(CC(N)=O)cs3)c3ccccc3n2)n1. The summed E-state index contributed by atoms with van der Waals surface area (Å²) in [5, 5.41) is 10.00. The molecule has 0 radical (unpaired) electrons. The van der Waals surface area contributed by atoms with Crippen LogP contribution in [-0.4, -0.2) is 31.6 Å². The van der Waals surface area contributed by atoms with Crippen LogP contribution < -0.4 is 11.1 Å². The van der Waals surface area contributed by atoms with Crippen molar-refractivity contribution >= 4 is 39.2 Å². The zero-order valence-corrected chi connectivity index (χ0v) is 15.7. The van der Waals surface area contributed by atoms with Crippen LogP contribution in [0.15, 0.2) is 48.0 Å². The second-order valence-electron chi connectivity index (χ2n) is 6.19. The molecule has 3 aromatic heterocycles. The second-order valence-corrected chi connectivity index (χ2v) is 7.05. The van der Waals surface area contributed by atoms with Crippen molar-refractivity contribution in [3.63, 3.8) is 0 Å². The van der Waals surface area contributed by atoms with Gasteiger partial charge in [-0.1, -0.05) is 18.2 Å². The van der Waals surface area contributed by atoms with E-state index < -0.39 is 5.91 Å². The standard InChI is InChI=1S/C19H16N6O2S/c1-25-7-6-15(24-25)16-9-13(12-4-2-3-5-14(12)22-16)18(27)23-19-21-11(10-28-19)8-17(20)26/h2-7,9-10H,8H2,1H3,(H2,20,26)(H,21,23,27). The normalized spacial score (nSPS) is 10.9. The molecule has 0 bridgehead atoms. The second kappa shape index (κ2) is 7.20. The number of aromatic nitrogens is 4. The number of nitrogens with two attached hydrogens (primary N) is 1. The average molecular weight is 392 g/mol. The number of anilines is 1. The van der Waals surface area contributed by atoms with Crippen LogP contribution in [-0.2, 0) is 18.3 Å². The molecule has 0 unspecified atom stereocenters. The lowest BCUT2D eigenvalue weighted by Gasteiger charge is -2.08. The van der Waals surface area contributed by atoms with Gasteiger partial charge in [0.2, 0.25) is 5.91 Å². The summed E-state index contributed by atoms with van der Waals surface area (Å²) < 4.78 is 1.68. The van der Waals surface area contributed by atoms with E-state index >= 15 is 0 Å². The highest BCUT2D eigenvalue weighted by molar-refractivity contribution is 7.14. The zero-order chi connectivity index (χ0) is 19.7. The summed E-state index contributed by atoms with van der Waals surface area (Å²) in [7, 11) is 1.82. The number of nitrogens with one attached hydrogen (secondary N) is 1. The molecule has 8 nitrogen and oxygen atoms in total. The van der Waals surface area contributed by atoms with Crippen molar-refractivity contribution in [1.29, 1.82) is 0 Å². The number of hydrogen-bond acceptors (Lipinski definition) is 6. The first kappa shape index (κ1) is 17.8. The maximum absolute atomic E-state index is 13.0.